The molecule has 1 N–H and O–H groups in total. The summed E-state index contributed by atoms with van der Waals surface area (Å²) in [5.74, 6) is 0.835. The fraction of sp³-hybridized carbons (Fsp3) is 0.316. The van der Waals surface area contributed by atoms with Crippen molar-refractivity contribution in [3.63, 3.8) is 0 Å². The number of aromatic nitrogens is 2. The van der Waals surface area contributed by atoms with Gasteiger partial charge < -0.3 is 11.3 Å². The van der Waals surface area contributed by atoms with Crippen molar-refractivity contribution in [2.45, 2.75) is 33.2 Å². The second-order valence-corrected chi connectivity index (χ2v) is 6.39. The summed E-state index contributed by atoms with van der Waals surface area (Å²) in [7, 11) is 0. The van der Waals surface area contributed by atoms with E-state index in [0.29, 0.717) is 0 Å². The molecule has 0 spiro atoms. The van der Waals surface area contributed by atoms with E-state index in [-0.39, 0.29) is 42.8 Å². The maximum absolute atomic E-state index is 13.5. The van der Waals surface area contributed by atoms with Crippen LogP contribution in [-0.4, -0.2) is 16.5 Å². The number of benzene rings is 1. The van der Waals surface area contributed by atoms with Gasteiger partial charge in [0, 0.05) is 23.8 Å². The Balaban J connectivity index is 0.00000113. The number of halogens is 1. The molecule has 3 nitrogen and oxygen atoms in total. The maximum Gasteiger partial charge on any atom is 1.00 e. The summed E-state index contributed by atoms with van der Waals surface area (Å²) in [5, 5.41) is 1.23. The smallest absolute Gasteiger partial charge is 1.00 e. The van der Waals surface area contributed by atoms with Gasteiger partial charge in [-0.2, -0.15) is 0 Å². The molecule has 3 aromatic rings. The van der Waals surface area contributed by atoms with Crippen molar-refractivity contribution >= 4 is 16.7 Å². The van der Waals surface area contributed by atoms with Gasteiger partial charge in [-0.15, -0.1) is 0 Å². The fourth-order valence-corrected chi connectivity index (χ4v) is 3.68. The maximum atomic E-state index is 13.5. The number of aryl methyl sites for hydroxylation is 2. The second kappa shape index (κ2) is 6.51. The van der Waals surface area contributed by atoms with Crippen molar-refractivity contribution < 1.29 is 35.4 Å². The zero-order valence-corrected chi connectivity index (χ0v) is 16.7. The quantitative estimate of drug-likeness (QED) is 0.686. The zero-order chi connectivity index (χ0) is 16.1. The monoisotopic (exact) mass is 333 g/mol. The molecule has 1 aliphatic rings. The molecule has 0 aliphatic carbocycles. The Morgan fingerprint density at radius 3 is 2.88 bits per heavy atom. The van der Waals surface area contributed by atoms with E-state index < -0.39 is 0 Å². The van der Waals surface area contributed by atoms with Gasteiger partial charge in [0.1, 0.15) is 5.82 Å². The minimum atomic E-state index is -0.153. The number of H-pyrrole nitrogens is 1. The van der Waals surface area contributed by atoms with Crippen molar-refractivity contribution in [2.24, 2.45) is 0 Å². The standard InChI is InChI=1S/C19H20FN3.Na.H/c1-11-12(2)22-18-16(11)6-8-21-19(18)23-9-7-14-10-15(20)4-5-17(14)13(23)3;;/h4-6,8,10,13,22H,7,9H2,1-3H3;;/q;+1;-1. The van der Waals surface area contributed by atoms with Crippen LogP contribution in [0.1, 0.15) is 36.8 Å². The van der Waals surface area contributed by atoms with E-state index in [1.54, 1.807) is 12.1 Å². The van der Waals surface area contributed by atoms with Crippen molar-refractivity contribution in [2.75, 3.05) is 11.4 Å². The molecule has 3 heterocycles. The minimum absolute atomic E-state index is 0. The van der Waals surface area contributed by atoms with Crippen LogP contribution in [0.4, 0.5) is 10.2 Å². The molecule has 1 aliphatic heterocycles. The van der Waals surface area contributed by atoms with Crippen LogP contribution >= 0.6 is 0 Å². The van der Waals surface area contributed by atoms with Crippen LogP contribution < -0.4 is 34.5 Å². The van der Waals surface area contributed by atoms with Crippen molar-refractivity contribution in [3.05, 3.63) is 58.7 Å². The molecule has 4 rings (SSSR count). The van der Waals surface area contributed by atoms with Crippen molar-refractivity contribution in [3.8, 4) is 0 Å². The molecule has 0 radical (unpaired) electrons. The van der Waals surface area contributed by atoms with Gasteiger partial charge in [0.25, 0.3) is 0 Å². The van der Waals surface area contributed by atoms with Crippen LogP contribution in [0.25, 0.3) is 10.9 Å². The van der Waals surface area contributed by atoms with Crippen LogP contribution in [0.15, 0.2) is 30.5 Å². The molecule has 0 amide bonds. The van der Waals surface area contributed by atoms with Gasteiger partial charge in [0.05, 0.1) is 11.6 Å². The Bertz CT molecular complexity index is 909. The SMILES string of the molecule is Cc1[nH]c2c(N3CCc4cc(F)ccc4C3C)nccc2c1C.[H-].[Na+]. The number of aromatic amines is 1. The van der Waals surface area contributed by atoms with Crippen LogP contribution in [0, 0.1) is 19.7 Å². The number of pyridine rings is 1. The third kappa shape index (κ3) is 2.67. The molecule has 5 heteroatoms. The predicted octanol–water partition coefficient (Wildman–Crippen LogP) is 1.56. The molecule has 1 unspecified atom stereocenters. The zero-order valence-electron chi connectivity index (χ0n) is 15.7. The number of nitrogens with zero attached hydrogens (tertiary/aromatic N) is 2. The van der Waals surface area contributed by atoms with Gasteiger partial charge in [-0.25, -0.2) is 9.37 Å². The number of rotatable bonds is 1. The first kappa shape index (κ1) is 17.5. The van der Waals surface area contributed by atoms with E-state index in [1.165, 1.54) is 22.2 Å². The summed E-state index contributed by atoms with van der Waals surface area (Å²) < 4.78 is 13.5. The third-order valence-electron chi connectivity index (χ3n) is 5.13. The Hall–Kier alpha value is -1.36. The summed E-state index contributed by atoms with van der Waals surface area (Å²) in [4.78, 5) is 10.4. The summed E-state index contributed by atoms with van der Waals surface area (Å²) in [6.07, 6.45) is 2.72. The molecular weight excluding hydrogens is 312 g/mol. The molecule has 0 saturated heterocycles. The number of anilines is 1. The Kier molecular flexibility index (Phi) is 4.73. The molecule has 2 aromatic heterocycles. The van der Waals surface area contributed by atoms with Crippen LogP contribution in [0.2, 0.25) is 0 Å². The molecule has 24 heavy (non-hydrogen) atoms. The average Bonchev–Trinajstić information content (AvgIpc) is 2.83. The molecule has 1 aromatic carbocycles. The van der Waals surface area contributed by atoms with Gasteiger partial charge in [-0.05, 0) is 62.1 Å². The summed E-state index contributed by atoms with van der Waals surface area (Å²) >= 11 is 0. The molecule has 0 bridgehead atoms. The fourth-order valence-electron chi connectivity index (χ4n) is 3.68. The summed E-state index contributed by atoms with van der Waals surface area (Å²) in [6.45, 7) is 7.24. The molecule has 0 saturated carbocycles. The van der Waals surface area contributed by atoms with Gasteiger partial charge in [0.2, 0.25) is 0 Å². The van der Waals surface area contributed by atoms with Gasteiger partial charge in [-0.1, -0.05) is 6.07 Å². The van der Waals surface area contributed by atoms with E-state index in [9.17, 15) is 4.39 Å². The Labute approximate surface area is 165 Å². The van der Waals surface area contributed by atoms with E-state index >= 15 is 0 Å². The van der Waals surface area contributed by atoms with Crippen LogP contribution in [-0.2, 0) is 6.42 Å². The molecule has 0 fully saturated rings. The third-order valence-corrected chi connectivity index (χ3v) is 5.13. The van der Waals surface area contributed by atoms with Gasteiger partial charge in [0.15, 0.2) is 5.82 Å². The molecule has 1 atom stereocenters. The number of hydrogen-bond acceptors (Lipinski definition) is 2. The van der Waals surface area contributed by atoms with E-state index in [4.69, 9.17) is 0 Å². The van der Waals surface area contributed by atoms with E-state index in [1.807, 2.05) is 12.3 Å². The first-order chi connectivity index (χ1) is 11.1. The number of hydrogen-bond donors (Lipinski definition) is 1. The largest absolute Gasteiger partial charge is 1.00 e. The summed E-state index contributed by atoms with van der Waals surface area (Å²) in [6, 6.07) is 7.37. The molecule has 120 valence electrons. The van der Waals surface area contributed by atoms with Crippen LogP contribution in [0.5, 0.6) is 0 Å². The normalized spacial score (nSPS) is 16.8. The molecular formula is C19H21FN3Na. The Morgan fingerprint density at radius 2 is 2.08 bits per heavy atom. The van der Waals surface area contributed by atoms with Crippen molar-refractivity contribution in [1.29, 1.82) is 0 Å². The summed E-state index contributed by atoms with van der Waals surface area (Å²) in [5.41, 5.74) is 5.85. The minimum Gasteiger partial charge on any atom is -1.00 e. The first-order valence-corrected chi connectivity index (χ1v) is 8.05. The topological polar surface area (TPSA) is 31.9 Å². The first-order valence-electron chi connectivity index (χ1n) is 8.05. The van der Waals surface area contributed by atoms with E-state index in [0.717, 1.165) is 29.9 Å². The van der Waals surface area contributed by atoms with Crippen LogP contribution in [0.3, 0.4) is 0 Å². The average molecular weight is 333 g/mol. The Morgan fingerprint density at radius 1 is 1.29 bits per heavy atom. The number of nitrogens with one attached hydrogen (secondary N) is 1. The van der Waals surface area contributed by atoms with Gasteiger partial charge in [-0.3, -0.25) is 0 Å². The predicted molar refractivity (Wildman–Crippen MR) is 92.5 cm³/mol. The van der Waals surface area contributed by atoms with Crippen molar-refractivity contribution in [1.82, 2.24) is 9.97 Å². The van der Waals surface area contributed by atoms with Gasteiger partial charge >= 0.3 is 29.6 Å². The second-order valence-electron chi connectivity index (χ2n) is 6.39. The number of fused-ring (bicyclic) bond motifs is 2. The van der Waals surface area contributed by atoms with E-state index in [2.05, 4.69) is 41.7 Å².